The van der Waals surface area contributed by atoms with E-state index >= 15 is 0 Å². The molecule has 2 aromatic rings. The maximum Gasteiger partial charge on any atom is 0.257 e. The maximum atomic E-state index is 12.6. The van der Waals surface area contributed by atoms with Crippen molar-refractivity contribution in [1.29, 1.82) is 0 Å². The number of benzene rings is 1. The molecule has 0 spiro atoms. The van der Waals surface area contributed by atoms with Crippen LogP contribution >= 0.6 is 34.5 Å². The van der Waals surface area contributed by atoms with E-state index in [-0.39, 0.29) is 16.8 Å². The van der Waals surface area contributed by atoms with E-state index in [1.54, 1.807) is 19.2 Å². The number of halogens is 2. The molecule has 25 heavy (non-hydrogen) atoms. The SMILES string of the molecule is CNC(=O)c1c(NC(=O)c2ccc(Cl)cc2Cl)sc2c1CC[C@@H](C)C2. The smallest absolute Gasteiger partial charge is 0.257 e. The second-order valence-corrected chi connectivity index (χ2v) is 8.16. The summed E-state index contributed by atoms with van der Waals surface area (Å²) in [7, 11) is 1.60. The van der Waals surface area contributed by atoms with Gasteiger partial charge in [0.1, 0.15) is 5.00 Å². The van der Waals surface area contributed by atoms with E-state index in [0.29, 0.717) is 27.1 Å². The van der Waals surface area contributed by atoms with E-state index in [1.807, 2.05) is 0 Å². The van der Waals surface area contributed by atoms with Gasteiger partial charge in [0, 0.05) is 16.9 Å². The summed E-state index contributed by atoms with van der Waals surface area (Å²) in [5.41, 5.74) is 1.96. The van der Waals surface area contributed by atoms with Gasteiger partial charge in [-0.3, -0.25) is 9.59 Å². The van der Waals surface area contributed by atoms with Crippen molar-refractivity contribution in [2.75, 3.05) is 12.4 Å². The molecule has 2 amide bonds. The van der Waals surface area contributed by atoms with Gasteiger partial charge in [0.05, 0.1) is 16.1 Å². The second-order valence-electron chi connectivity index (χ2n) is 6.21. The van der Waals surface area contributed by atoms with E-state index < -0.39 is 0 Å². The Bertz CT molecular complexity index is 848. The molecule has 0 saturated heterocycles. The minimum atomic E-state index is -0.349. The first-order valence-corrected chi connectivity index (χ1v) is 9.61. The van der Waals surface area contributed by atoms with E-state index in [1.165, 1.54) is 22.3 Å². The third kappa shape index (κ3) is 3.68. The molecule has 4 nitrogen and oxygen atoms in total. The highest BCUT2D eigenvalue weighted by atomic mass is 35.5. The summed E-state index contributed by atoms with van der Waals surface area (Å²) < 4.78 is 0. The van der Waals surface area contributed by atoms with Crippen LogP contribution in [0.1, 0.15) is 44.5 Å². The largest absolute Gasteiger partial charge is 0.355 e. The van der Waals surface area contributed by atoms with Gasteiger partial charge in [-0.15, -0.1) is 11.3 Å². The van der Waals surface area contributed by atoms with Crippen LogP contribution in [0.4, 0.5) is 5.00 Å². The lowest BCUT2D eigenvalue weighted by Gasteiger charge is -2.18. The van der Waals surface area contributed by atoms with Gasteiger partial charge in [0.2, 0.25) is 0 Å². The Morgan fingerprint density at radius 1 is 1.24 bits per heavy atom. The molecule has 1 aliphatic carbocycles. The Kier molecular flexibility index (Phi) is 5.37. The van der Waals surface area contributed by atoms with Crippen molar-refractivity contribution in [2.45, 2.75) is 26.2 Å². The van der Waals surface area contributed by atoms with Crippen LogP contribution in [-0.4, -0.2) is 18.9 Å². The summed E-state index contributed by atoms with van der Waals surface area (Å²) in [6, 6.07) is 4.72. The van der Waals surface area contributed by atoms with Crippen molar-refractivity contribution in [3.63, 3.8) is 0 Å². The molecule has 1 aromatic heterocycles. The van der Waals surface area contributed by atoms with Gasteiger partial charge in [0.25, 0.3) is 11.8 Å². The number of carbonyl (C=O) groups is 2. The summed E-state index contributed by atoms with van der Waals surface area (Å²) in [5, 5.41) is 6.86. The minimum Gasteiger partial charge on any atom is -0.355 e. The molecule has 0 fully saturated rings. The highest BCUT2D eigenvalue weighted by Crippen LogP contribution is 2.40. The quantitative estimate of drug-likeness (QED) is 0.782. The Morgan fingerprint density at radius 2 is 2.00 bits per heavy atom. The molecule has 132 valence electrons. The Hall–Kier alpha value is -1.56. The zero-order valence-corrected chi connectivity index (χ0v) is 16.2. The van der Waals surface area contributed by atoms with Crippen molar-refractivity contribution in [3.8, 4) is 0 Å². The fraction of sp³-hybridized carbons (Fsp3) is 0.333. The zero-order valence-electron chi connectivity index (χ0n) is 13.9. The number of fused-ring (bicyclic) bond motifs is 1. The number of hydrogen-bond acceptors (Lipinski definition) is 3. The molecular formula is C18H18Cl2N2O2S. The average Bonchev–Trinajstić information content (AvgIpc) is 2.90. The third-order valence-electron chi connectivity index (χ3n) is 4.37. The van der Waals surface area contributed by atoms with E-state index in [0.717, 1.165) is 24.8 Å². The fourth-order valence-electron chi connectivity index (χ4n) is 3.05. The summed E-state index contributed by atoms with van der Waals surface area (Å²) in [6.07, 6.45) is 2.83. The molecule has 1 atom stereocenters. The van der Waals surface area contributed by atoms with Gasteiger partial charge in [-0.1, -0.05) is 30.1 Å². The van der Waals surface area contributed by atoms with Gasteiger partial charge in [-0.25, -0.2) is 0 Å². The molecule has 1 aromatic carbocycles. The fourth-order valence-corrected chi connectivity index (χ4v) is 4.95. The van der Waals surface area contributed by atoms with Crippen molar-refractivity contribution in [3.05, 3.63) is 49.8 Å². The van der Waals surface area contributed by atoms with Crippen LogP contribution in [0.15, 0.2) is 18.2 Å². The minimum absolute atomic E-state index is 0.176. The highest BCUT2D eigenvalue weighted by molar-refractivity contribution is 7.17. The normalized spacial score (nSPS) is 16.2. The Morgan fingerprint density at radius 3 is 2.68 bits per heavy atom. The number of carbonyl (C=O) groups excluding carboxylic acids is 2. The molecule has 2 N–H and O–H groups in total. The van der Waals surface area contributed by atoms with Crippen LogP contribution < -0.4 is 10.6 Å². The number of nitrogens with one attached hydrogen (secondary N) is 2. The lowest BCUT2D eigenvalue weighted by atomic mass is 9.88. The molecule has 7 heteroatoms. The third-order valence-corrected chi connectivity index (χ3v) is 6.09. The maximum absolute atomic E-state index is 12.6. The predicted octanol–water partition coefficient (Wildman–Crippen LogP) is 4.79. The lowest BCUT2D eigenvalue weighted by Crippen LogP contribution is -2.22. The number of thiophene rings is 1. The molecule has 0 aliphatic heterocycles. The summed E-state index contributed by atoms with van der Waals surface area (Å²) >= 11 is 13.5. The van der Waals surface area contributed by atoms with Crippen LogP contribution in [-0.2, 0) is 12.8 Å². The molecule has 0 unspecified atom stereocenters. The van der Waals surface area contributed by atoms with Crippen molar-refractivity contribution >= 4 is 51.4 Å². The topological polar surface area (TPSA) is 58.2 Å². The lowest BCUT2D eigenvalue weighted by molar-refractivity contribution is 0.0963. The number of anilines is 1. The number of hydrogen-bond donors (Lipinski definition) is 2. The molecular weight excluding hydrogens is 379 g/mol. The molecule has 1 aliphatic rings. The second kappa shape index (κ2) is 7.36. The molecule has 0 saturated carbocycles. The van der Waals surface area contributed by atoms with Gasteiger partial charge in [-0.2, -0.15) is 0 Å². The van der Waals surface area contributed by atoms with E-state index in [2.05, 4.69) is 17.6 Å². The van der Waals surface area contributed by atoms with Gasteiger partial charge in [0.15, 0.2) is 0 Å². The Labute approximate surface area is 160 Å². The van der Waals surface area contributed by atoms with Crippen LogP contribution in [0.3, 0.4) is 0 Å². The van der Waals surface area contributed by atoms with Crippen molar-refractivity contribution in [1.82, 2.24) is 5.32 Å². The first-order valence-electron chi connectivity index (χ1n) is 8.03. The summed E-state index contributed by atoms with van der Waals surface area (Å²) in [6.45, 7) is 2.20. The van der Waals surface area contributed by atoms with Gasteiger partial charge in [-0.05, 0) is 48.9 Å². The number of rotatable bonds is 3. The standard InChI is InChI=1S/C18H18Cl2N2O2S/c1-9-3-5-12-14(7-9)25-18(15(12)17(24)21-2)22-16(23)11-6-4-10(19)8-13(11)20/h4,6,8-9H,3,5,7H2,1-2H3,(H,21,24)(H,22,23)/t9-/m1/s1. The van der Waals surface area contributed by atoms with Crippen LogP contribution in [0.2, 0.25) is 10.0 Å². The van der Waals surface area contributed by atoms with Crippen LogP contribution in [0.5, 0.6) is 0 Å². The van der Waals surface area contributed by atoms with E-state index in [4.69, 9.17) is 23.2 Å². The van der Waals surface area contributed by atoms with Crippen LogP contribution in [0, 0.1) is 5.92 Å². The summed E-state index contributed by atoms with van der Waals surface area (Å²) in [4.78, 5) is 26.2. The average molecular weight is 397 g/mol. The number of amides is 2. The van der Waals surface area contributed by atoms with Crippen LogP contribution in [0.25, 0.3) is 0 Å². The Balaban J connectivity index is 1.96. The molecule has 0 radical (unpaired) electrons. The van der Waals surface area contributed by atoms with E-state index in [9.17, 15) is 9.59 Å². The summed E-state index contributed by atoms with van der Waals surface area (Å²) in [5.74, 6) is 0.0565. The highest BCUT2D eigenvalue weighted by Gasteiger charge is 2.28. The first-order chi connectivity index (χ1) is 11.9. The van der Waals surface area contributed by atoms with Gasteiger partial charge < -0.3 is 10.6 Å². The molecule has 3 rings (SSSR count). The van der Waals surface area contributed by atoms with Gasteiger partial charge >= 0.3 is 0 Å². The molecule has 1 heterocycles. The van der Waals surface area contributed by atoms with Crippen molar-refractivity contribution in [2.24, 2.45) is 5.92 Å². The predicted molar refractivity (Wildman–Crippen MR) is 103 cm³/mol. The monoisotopic (exact) mass is 396 g/mol. The van der Waals surface area contributed by atoms with Crippen molar-refractivity contribution < 1.29 is 9.59 Å². The molecule has 0 bridgehead atoms. The zero-order chi connectivity index (χ0) is 18.1. The first kappa shape index (κ1) is 18.2.